The molecule has 1 aromatic rings. The molecule has 0 heterocycles. The van der Waals surface area contributed by atoms with Gasteiger partial charge in [0.2, 0.25) is 0 Å². The minimum absolute atomic E-state index is 0.0501. The SMILES string of the molecule is CC(C)(C)OC(=O)NNCc1ccccc1OC(F)(F)F. The van der Waals surface area contributed by atoms with Crippen LogP contribution in [0.15, 0.2) is 24.3 Å². The van der Waals surface area contributed by atoms with Gasteiger partial charge < -0.3 is 9.47 Å². The molecule has 0 aliphatic heterocycles. The number of ether oxygens (including phenoxy) is 2. The molecule has 1 aromatic carbocycles. The minimum Gasteiger partial charge on any atom is -0.443 e. The molecule has 118 valence electrons. The zero-order chi connectivity index (χ0) is 16.1. The van der Waals surface area contributed by atoms with Gasteiger partial charge in [-0.15, -0.1) is 13.2 Å². The summed E-state index contributed by atoms with van der Waals surface area (Å²) in [5.74, 6) is -0.330. The highest BCUT2D eigenvalue weighted by Crippen LogP contribution is 2.25. The third-order valence-electron chi connectivity index (χ3n) is 2.07. The lowest BCUT2D eigenvalue weighted by Gasteiger charge is -2.20. The Labute approximate surface area is 120 Å². The van der Waals surface area contributed by atoms with Crippen molar-refractivity contribution in [3.05, 3.63) is 29.8 Å². The van der Waals surface area contributed by atoms with Crippen molar-refractivity contribution in [2.45, 2.75) is 39.3 Å². The lowest BCUT2D eigenvalue weighted by molar-refractivity contribution is -0.274. The summed E-state index contributed by atoms with van der Waals surface area (Å²) in [5, 5.41) is 0. The monoisotopic (exact) mass is 306 g/mol. The van der Waals surface area contributed by atoms with E-state index in [1.165, 1.54) is 18.2 Å². The van der Waals surface area contributed by atoms with E-state index in [9.17, 15) is 18.0 Å². The lowest BCUT2D eigenvalue weighted by Crippen LogP contribution is -2.40. The Kier molecular flexibility index (Phi) is 5.42. The fraction of sp³-hybridized carbons (Fsp3) is 0.462. The number of carbonyl (C=O) groups excluding carboxylic acids is 1. The Morgan fingerprint density at radius 1 is 1.19 bits per heavy atom. The molecule has 0 aliphatic carbocycles. The molecule has 0 saturated carbocycles. The van der Waals surface area contributed by atoms with Crippen LogP contribution in [0, 0.1) is 0 Å². The molecule has 0 atom stereocenters. The molecule has 8 heteroatoms. The minimum atomic E-state index is -4.77. The highest BCUT2D eigenvalue weighted by Gasteiger charge is 2.31. The first-order valence-electron chi connectivity index (χ1n) is 6.12. The van der Waals surface area contributed by atoms with Gasteiger partial charge in [0, 0.05) is 12.1 Å². The van der Waals surface area contributed by atoms with Crippen molar-refractivity contribution in [3.8, 4) is 5.75 Å². The number of nitrogens with one attached hydrogen (secondary N) is 2. The van der Waals surface area contributed by atoms with Crippen LogP contribution in [0.25, 0.3) is 0 Å². The summed E-state index contributed by atoms with van der Waals surface area (Å²) in [4.78, 5) is 11.4. The largest absolute Gasteiger partial charge is 0.573 e. The molecule has 0 radical (unpaired) electrons. The van der Waals surface area contributed by atoms with Gasteiger partial charge in [-0.3, -0.25) is 5.43 Å². The topological polar surface area (TPSA) is 59.6 Å². The number of rotatable bonds is 4. The first-order valence-corrected chi connectivity index (χ1v) is 6.12. The average molecular weight is 306 g/mol. The second-order valence-corrected chi connectivity index (χ2v) is 5.14. The molecule has 0 fully saturated rings. The Hall–Kier alpha value is -1.96. The molecule has 1 amide bonds. The number of hydrogen-bond donors (Lipinski definition) is 2. The molecule has 21 heavy (non-hydrogen) atoms. The summed E-state index contributed by atoms with van der Waals surface area (Å²) in [6.07, 6.45) is -5.49. The van der Waals surface area contributed by atoms with Crippen LogP contribution in [0.2, 0.25) is 0 Å². The van der Waals surface area contributed by atoms with E-state index in [-0.39, 0.29) is 17.9 Å². The molecular weight excluding hydrogens is 289 g/mol. The third kappa shape index (κ3) is 7.40. The van der Waals surface area contributed by atoms with Crippen molar-refractivity contribution in [2.24, 2.45) is 0 Å². The van der Waals surface area contributed by atoms with E-state index in [1.54, 1.807) is 26.8 Å². The fourth-order valence-electron chi connectivity index (χ4n) is 1.39. The molecule has 5 nitrogen and oxygen atoms in total. The molecule has 0 aliphatic rings. The van der Waals surface area contributed by atoms with Crippen molar-refractivity contribution in [1.29, 1.82) is 0 Å². The number of para-hydroxylation sites is 1. The Morgan fingerprint density at radius 2 is 1.81 bits per heavy atom. The summed E-state index contributed by atoms with van der Waals surface area (Å²) in [5.41, 5.74) is 4.29. The molecular formula is C13H17F3N2O3. The zero-order valence-electron chi connectivity index (χ0n) is 11.9. The summed E-state index contributed by atoms with van der Waals surface area (Å²) < 4.78 is 45.5. The maximum Gasteiger partial charge on any atom is 0.573 e. The van der Waals surface area contributed by atoms with Gasteiger partial charge >= 0.3 is 12.5 Å². The molecule has 0 aromatic heterocycles. The number of carbonyl (C=O) groups is 1. The number of hydrazine groups is 1. The standard InChI is InChI=1S/C13H17F3N2O3/c1-12(2,3)21-11(19)18-17-8-9-6-4-5-7-10(9)20-13(14,15)16/h4-7,17H,8H2,1-3H3,(H,18,19). The first-order chi connectivity index (χ1) is 9.57. The van der Waals surface area contributed by atoms with Crippen molar-refractivity contribution in [1.82, 2.24) is 10.9 Å². The maximum absolute atomic E-state index is 12.2. The van der Waals surface area contributed by atoms with Crippen LogP contribution in [-0.4, -0.2) is 18.1 Å². The maximum atomic E-state index is 12.2. The van der Waals surface area contributed by atoms with E-state index >= 15 is 0 Å². The second kappa shape index (κ2) is 6.66. The van der Waals surface area contributed by atoms with Gasteiger partial charge in [-0.1, -0.05) is 18.2 Å². The van der Waals surface area contributed by atoms with E-state index in [2.05, 4.69) is 15.6 Å². The van der Waals surface area contributed by atoms with Crippen LogP contribution in [0.5, 0.6) is 5.75 Å². The molecule has 0 bridgehead atoms. The highest BCUT2D eigenvalue weighted by atomic mass is 19.4. The second-order valence-electron chi connectivity index (χ2n) is 5.14. The summed E-state index contributed by atoms with van der Waals surface area (Å²) in [6.45, 7) is 5.03. The van der Waals surface area contributed by atoms with Gasteiger partial charge in [-0.05, 0) is 26.8 Å². The van der Waals surface area contributed by atoms with Crippen LogP contribution >= 0.6 is 0 Å². The van der Waals surface area contributed by atoms with Crippen molar-refractivity contribution in [2.75, 3.05) is 0 Å². The quantitative estimate of drug-likeness (QED) is 0.839. The smallest absolute Gasteiger partial charge is 0.443 e. The lowest BCUT2D eigenvalue weighted by atomic mass is 10.2. The van der Waals surface area contributed by atoms with E-state index in [4.69, 9.17) is 4.74 Å². The van der Waals surface area contributed by atoms with Gasteiger partial charge in [0.15, 0.2) is 0 Å². The average Bonchev–Trinajstić information content (AvgIpc) is 2.27. The number of benzene rings is 1. The van der Waals surface area contributed by atoms with Crippen molar-refractivity contribution in [3.63, 3.8) is 0 Å². The molecule has 1 rings (SSSR count). The number of halogens is 3. The van der Waals surface area contributed by atoms with E-state index in [0.29, 0.717) is 0 Å². The van der Waals surface area contributed by atoms with Crippen LogP contribution in [0.1, 0.15) is 26.3 Å². The highest BCUT2D eigenvalue weighted by molar-refractivity contribution is 5.67. The van der Waals surface area contributed by atoms with Crippen LogP contribution in [0.3, 0.4) is 0 Å². The molecule has 0 spiro atoms. The van der Waals surface area contributed by atoms with Gasteiger partial charge in [-0.2, -0.15) is 0 Å². The summed E-state index contributed by atoms with van der Waals surface area (Å²) >= 11 is 0. The number of amides is 1. The summed E-state index contributed by atoms with van der Waals surface area (Å²) in [6, 6.07) is 5.63. The van der Waals surface area contributed by atoms with Gasteiger partial charge in [0.1, 0.15) is 11.4 Å². The van der Waals surface area contributed by atoms with E-state index < -0.39 is 18.1 Å². The van der Waals surface area contributed by atoms with E-state index in [1.807, 2.05) is 0 Å². The number of alkyl halides is 3. The van der Waals surface area contributed by atoms with Crippen LogP contribution in [-0.2, 0) is 11.3 Å². The van der Waals surface area contributed by atoms with Gasteiger partial charge in [-0.25, -0.2) is 10.2 Å². The van der Waals surface area contributed by atoms with Crippen LogP contribution < -0.4 is 15.6 Å². The first kappa shape index (κ1) is 17.1. The third-order valence-corrected chi connectivity index (χ3v) is 2.07. The van der Waals surface area contributed by atoms with Gasteiger partial charge in [0.05, 0.1) is 0 Å². The van der Waals surface area contributed by atoms with E-state index in [0.717, 1.165) is 0 Å². The predicted molar refractivity (Wildman–Crippen MR) is 69.3 cm³/mol. The fourth-order valence-corrected chi connectivity index (χ4v) is 1.39. The van der Waals surface area contributed by atoms with Crippen LogP contribution in [0.4, 0.5) is 18.0 Å². The van der Waals surface area contributed by atoms with Crippen molar-refractivity contribution >= 4 is 6.09 Å². The molecule has 0 unspecified atom stereocenters. The molecule has 0 saturated heterocycles. The van der Waals surface area contributed by atoms with Crippen molar-refractivity contribution < 1.29 is 27.4 Å². The zero-order valence-corrected chi connectivity index (χ0v) is 11.9. The Morgan fingerprint density at radius 3 is 2.38 bits per heavy atom. The molecule has 2 N–H and O–H groups in total. The normalized spacial score (nSPS) is 11.9. The Balaban J connectivity index is 2.54. The summed E-state index contributed by atoms with van der Waals surface area (Å²) in [7, 11) is 0. The predicted octanol–water partition coefficient (Wildman–Crippen LogP) is 3.11. The number of hydrogen-bond acceptors (Lipinski definition) is 4. The van der Waals surface area contributed by atoms with Gasteiger partial charge in [0.25, 0.3) is 0 Å². The Bertz CT molecular complexity index is 484.